The number of hydrogen-bond donors (Lipinski definition) is 0. The summed E-state index contributed by atoms with van der Waals surface area (Å²) in [5, 5.41) is 0. The second-order valence-electron chi connectivity index (χ2n) is 7.44. The SMILES string of the molecule is CCOC(=O)C1CC2Cn3c(nc4ccccc43)C2N1Cc1ccccc1. The normalized spacial score (nSPS) is 24.1. The standard InChI is InChI=1S/C22H23N3O2/c1-2-27-22(26)19-12-16-14-25-18-11-7-6-10-17(18)23-21(25)20(16)24(19)13-15-8-4-3-5-9-15/h3-11,16,19-20H,2,12-14H2,1H3. The van der Waals surface area contributed by atoms with Crippen LogP contribution < -0.4 is 0 Å². The van der Waals surface area contributed by atoms with Crippen LogP contribution in [-0.4, -0.2) is 33.1 Å². The van der Waals surface area contributed by atoms with Gasteiger partial charge in [0.15, 0.2) is 0 Å². The van der Waals surface area contributed by atoms with E-state index in [0.717, 1.165) is 30.9 Å². The highest BCUT2D eigenvalue weighted by Gasteiger charge is 2.51. The zero-order chi connectivity index (χ0) is 18.4. The first-order valence-electron chi connectivity index (χ1n) is 9.67. The first-order valence-corrected chi connectivity index (χ1v) is 9.67. The maximum Gasteiger partial charge on any atom is 0.323 e. The Balaban J connectivity index is 1.55. The maximum absolute atomic E-state index is 12.7. The molecule has 2 aromatic carbocycles. The molecule has 0 amide bonds. The Labute approximate surface area is 158 Å². The summed E-state index contributed by atoms with van der Waals surface area (Å²) in [6.07, 6.45) is 0.827. The number of carbonyl (C=O) groups is 1. The molecule has 0 saturated carbocycles. The van der Waals surface area contributed by atoms with Crippen LogP contribution in [0.1, 0.15) is 30.8 Å². The maximum atomic E-state index is 12.7. The number of carbonyl (C=O) groups excluding carboxylic acids is 1. The zero-order valence-electron chi connectivity index (χ0n) is 15.4. The highest BCUT2D eigenvalue weighted by molar-refractivity contribution is 5.78. The van der Waals surface area contributed by atoms with Gasteiger partial charge in [-0.25, -0.2) is 4.98 Å². The van der Waals surface area contributed by atoms with Crippen LogP contribution in [0.3, 0.4) is 0 Å². The number of imidazole rings is 1. The second-order valence-corrected chi connectivity index (χ2v) is 7.44. The Morgan fingerprint density at radius 2 is 1.93 bits per heavy atom. The van der Waals surface area contributed by atoms with Crippen LogP contribution in [0.5, 0.6) is 0 Å². The lowest BCUT2D eigenvalue weighted by molar-refractivity contribution is -0.149. The minimum atomic E-state index is -0.200. The largest absolute Gasteiger partial charge is 0.465 e. The molecule has 2 aliphatic rings. The Kier molecular flexibility index (Phi) is 3.97. The van der Waals surface area contributed by atoms with Crippen LogP contribution in [0, 0.1) is 5.92 Å². The third-order valence-electron chi connectivity index (χ3n) is 5.86. The summed E-state index contributed by atoms with van der Waals surface area (Å²) in [6, 6.07) is 18.6. The van der Waals surface area contributed by atoms with Crippen molar-refractivity contribution in [3.63, 3.8) is 0 Å². The van der Waals surface area contributed by atoms with Crippen molar-refractivity contribution < 1.29 is 9.53 Å². The van der Waals surface area contributed by atoms with E-state index in [1.807, 2.05) is 31.2 Å². The van der Waals surface area contributed by atoms with Crippen LogP contribution >= 0.6 is 0 Å². The Morgan fingerprint density at radius 1 is 1.15 bits per heavy atom. The minimum Gasteiger partial charge on any atom is -0.465 e. The van der Waals surface area contributed by atoms with Gasteiger partial charge in [0.05, 0.1) is 23.7 Å². The van der Waals surface area contributed by atoms with Crippen LogP contribution in [0.2, 0.25) is 0 Å². The van der Waals surface area contributed by atoms with E-state index in [0.29, 0.717) is 12.5 Å². The van der Waals surface area contributed by atoms with Crippen molar-refractivity contribution in [2.45, 2.75) is 38.5 Å². The zero-order valence-corrected chi connectivity index (χ0v) is 15.4. The molecule has 3 atom stereocenters. The average Bonchev–Trinajstić information content (AvgIpc) is 3.32. The average molecular weight is 361 g/mol. The highest BCUT2D eigenvalue weighted by Crippen LogP contribution is 2.48. The fraction of sp³-hybridized carbons (Fsp3) is 0.364. The molecule has 5 heteroatoms. The Morgan fingerprint density at radius 3 is 2.74 bits per heavy atom. The van der Waals surface area contributed by atoms with E-state index in [9.17, 15) is 4.79 Å². The van der Waals surface area contributed by atoms with Crippen molar-refractivity contribution in [1.82, 2.24) is 14.5 Å². The van der Waals surface area contributed by atoms with E-state index >= 15 is 0 Å². The van der Waals surface area contributed by atoms with E-state index in [-0.39, 0.29) is 18.1 Å². The van der Waals surface area contributed by atoms with E-state index in [4.69, 9.17) is 9.72 Å². The van der Waals surface area contributed by atoms with E-state index in [1.165, 1.54) is 11.1 Å². The third-order valence-corrected chi connectivity index (χ3v) is 5.86. The van der Waals surface area contributed by atoms with Gasteiger partial charge in [-0.1, -0.05) is 42.5 Å². The molecule has 0 spiro atoms. The van der Waals surface area contributed by atoms with Gasteiger partial charge in [-0.05, 0) is 31.0 Å². The van der Waals surface area contributed by atoms with Gasteiger partial charge in [0.1, 0.15) is 11.9 Å². The van der Waals surface area contributed by atoms with Gasteiger partial charge >= 0.3 is 5.97 Å². The summed E-state index contributed by atoms with van der Waals surface area (Å²) in [6.45, 7) is 3.94. The third kappa shape index (κ3) is 2.65. The van der Waals surface area contributed by atoms with Gasteiger partial charge < -0.3 is 9.30 Å². The first-order chi connectivity index (χ1) is 13.3. The molecule has 138 valence electrons. The number of likely N-dealkylation sites (tertiary alicyclic amines) is 1. The quantitative estimate of drug-likeness (QED) is 0.667. The summed E-state index contributed by atoms with van der Waals surface area (Å²) in [4.78, 5) is 19.9. The summed E-state index contributed by atoms with van der Waals surface area (Å²) in [5.74, 6) is 1.38. The predicted molar refractivity (Wildman–Crippen MR) is 103 cm³/mol. The number of hydrogen-bond acceptors (Lipinski definition) is 4. The van der Waals surface area contributed by atoms with Crippen LogP contribution in [0.4, 0.5) is 0 Å². The summed E-state index contributed by atoms with van der Waals surface area (Å²) in [5.41, 5.74) is 3.43. The van der Waals surface area contributed by atoms with Gasteiger partial charge in [-0.15, -0.1) is 0 Å². The van der Waals surface area contributed by atoms with Crippen LogP contribution in [0.15, 0.2) is 54.6 Å². The van der Waals surface area contributed by atoms with Gasteiger partial charge in [0.25, 0.3) is 0 Å². The number of nitrogens with zero attached hydrogens (tertiary/aromatic N) is 3. The van der Waals surface area contributed by atoms with Gasteiger partial charge in [0, 0.05) is 19.0 Å². The number of fused-ring (bicyclic) bond motifs is 5. The first kappa shape index (κ1) is 16.5. The molecule has 27 heavy (non-hydrogen) atoms. The van der Waals surface area contributed by atoms with E-state index in [1.54, 1.807) is 0 Å². The van der Waals surface area contributed by atoms with E-state index in [2.05, 4.69) is 39.8 Å². The van der Waals surface area contributed by atoms with Crippen molar-refractivity contribution in [3.05, 3.63) is 66.0 Å². The number of aromatic nitrogens is 2. The van der Waals surface area contributed by atoms with Crippen LogP contribution in [-0.2, 0) is 22.6 Å². The molecule has 5 nitrogen and oxygen atoms in total. The van der Waals surface area contributed by atoms with Crippen molar-refractivity contribution >= 4 is 17.0 Å². The molecule has 2 aliphatic heterocycles. The topological polar surface area (TPSA) is 47.4 Å². The Hall–Kier alpha value is -2.66. The van der Waals surface area contributed by atoms with Crippen molar-refractivity contribution in [2.75, 3.05) is 6.61 Å². The highest BCUT2D eigenvalue weighted by atomic mass is 16.5. The molecule has 0 N–H and O–H groups in total. The molecule has 0 bridgehead atoms. The molecule has 1 fully saturated rings. The van der Waals surface area contributed by atoms with E-state index < -0.39 is 0 Å². The molecule has 3 unspecified atom stereocenters. The fourth-order valence-electron chi connectivity index (χ4n) is 4.77. The molecule has 3 heterocycles. The second kappa shape index (κ2) is 6.50. The van der Waals surface area contributed by atoms with Crippen LogP contribution in [0.25, 0.3) is 11.0 Å². The number of benzene rings is 2. The number of ether oxygens (including phenoxy) is 1. The summed E-state index contributed by atoms with van der Waals surface area (Å²) < 4.78 is 7.74. The van der Waals surface area contributed by atoms with Gasteiger partial charge in [-0.3, -0.25) is 9.69 Å². The number of para-hydroxylation sites is 2. The molecule has 0 radical (unpaired) electrons. The summed E-state index contributed by atoms with van der Waals surface area (Å²) in [7, 11) is 0. The molecule has 0 aliphatic carbocycles. The predicted octanol–water partition coefficient (Wildman–Crippen LogP) is 3.54. The van der Waals surface area contributed by atoms with Crippen molar-refractivity contribution in [1.29, 1.82) is 0 Å². The lowest BCUT2D eigenvalue weighted by atomic mass is 10.0. The Bertz CT molecular complexity index is 982. The minimum absolute atomic E-state index is 0.106. The molecule has 3 aromatic rings. The van der Waals surface area contributed by atoms with Crippen molar-refractivity contribution in [2.24, 2.45) is 5.92 Å². The lowest BCUT2D eigenvalue weighted by Crippen LogP contribution is -2.38. The number of rotatable bonds is 4. The van der Waals surface area contributed by atoms with Gasteiger partial charge in [-0.2, -0.15) is 0 Å². The molecule has 5 rings (SSSR count). The smallest absolute Gasteiger partial charge is 0.323 e. The number of esters is 1. The summed E-state index contributed by atoms with van der Waals surface area (Å²) >= 11 is 0. The molecular weight excluding hydrogens is 338 g/mol. The molecule has 1 saturated heterocycles. The fourth-order valence-corrected chi connectivity index (χ4v) is 4.77. The molecular formula is C22H23N3O2. The van der Waals surface area contributed by atoms with Gasteiger partial charge in [0.2, 0.25) is 0 Å². The molecule has 1 aromatic heterocycles. The van der Waals surface area contributed by atoms with Crippen molar-refractivity contribution in [3.8, 4) is 0 Å². The lowest BCUT2D eigenvalue weighted by Gasteiger charge is -2.27. The monoisotopic (exact) mass is 361 g/mol.